The molecule has 2 nitrogen and oxygen atoms in total. The van der Waals surface area contributed by atoms with E-state index in [1.54, 1.807) is 0 Å². The Bertz CT molecular complexity index is 248. The maximum Gasteiger partial charge on any atom is 0.167 e. The lowest BCUT2D eigenvalue weighted by Gasteiger charge is -2.25. The third-order valence-electron chi connectivity index (χ3n) is 4.08. The minimum Gasteiger partial charge on any atom is -0.382 e. The molecule has 12 heavy (non-hydrogen) atoms. The number of hydrogen-bond acceptors (Lipinski definition) is 2. The third-order valence-corrected chi connectivity index (χ3v) is 4.08. The number of aliphatic hydroxyl groups is 1. The highest BCUT2D eigenvalue weighted by atomic mass is 16.3. The van der Waals surface area contributed by atoms with Gasteiger partial charge in [0.25, 0.3) is 0 Å². The number of fused-ring (bicyclic) bond motifs is 3. The molecule has 0 heterocycles. The molecule has 3 aliphatic carbocycles. The molecule has 0 aromatic heterocycles. The first-order valence-corrected chi connectivity index (χ1v) is 5.00. The Balaban J connectivity index is 1.93. The number of carbonyl (C=O) groups excluding carboxylic acids is 1. The molecule has 0 amide bonds. The molecule has 0 radical (unpaired) electrons. The number of ketones is 1. The van der Waals surface area contributed by atoms with Crippen molar-refractivity contribution in [2.24, 2.45) is 17.8 Å². The second-order valence-corrected chi connectivity index (χ2v) is 4.65. The Morgan fingerprint density at radius 1 is 1.33 bits per heavy atom. The average Bonchev–Trinajstić information content (AvgIpc) is 2.73. The monoisotopic (exact) mass is 166 g/mol. The summed E-state index contributed by atoms with van der Waals surface area (Å²) in [6.45, 7) is 0. The normalized spacial score (nSPS) is 56.4. The molecule has 66 valence electrons. The summed E-state index contributed by atoms with van der Waals surface area (Å²) in [5, 5.41) is 9.82. The summed E-state index contributed by atoms with van der Waals surface area (Å²) in [6, 6.07) is 0. The van der Waals surface area contributed by atoms with Crippen molar-refractivity contribution in [2.45, 2.75) is 37.7 Å². The summed E-state index contributed by atoms with van der Waals surface area (Å²) >= 11 is 0. The van der Waals surface area contributed by atoms with Crippen LogP contribution in [0.1, 0.15) is 32.1 Å². The lowest BCUT2D eigenvalue weighted by Crippen LogP contribution is -2.28. The third kappa shape index (κ3) is 0.634. The van der Waals surface area contributed by atoms with Gasteiger partial charge in [-0.2, -0.15) is 0 Å². The quantitative estimate of drug-likeness (QED) is 0.585. The Kier molecular flexibility index (Phi) is 1.13. The predicted octanol–water partition coefficient (Wildman–Crippen LogP) is 1.13. The SMILES string of the molecule is O=C1[C@H]2CCCC[C@H]2[C@@H]2C[C@]12O. The fourth-order valence-corrected chi connectivity index (χ4v) is 3.35. The van der Waals surface area contributed by atoms with E-state index in [-0.39, 0.29) is 11.7 Å². The summed E-state index contributed by atoms with van der Waals surface area (Å²) in [4.78, 5) is 11.7. The van der Waals surface area contributed by atoms with Crippen molar-refractivity contribution in [2.75, 3.05) is 0 Å². The van der Waals surface area contributed by atoms with E-state index < -0.39 is 5.60 Å². The van der Waals surface area contributed by atoms with Crippen molar-refractivity contribution < 1.29 is 9.90 Å². The van der Waals surface area contributed by atoms with E-state index in [9.17, 15) is 9.90 Å². The molecule has 0 bridgehead atoms. The van der Waals surface area contributed by atoms with Gasteiger partial charge in [0.1, 0.15) is 5.60 Å². The lowest BCUT2D eigenvalue weighted by molar-refractivity contribution is -0.131. The molecule has 3 saturated carbocycles. The second kappa shape index (κ2) is 1.92. The minimum absolute atomic E-state index is 0.178. The molecule has 0 unspecified atom stereocenters. The van der Waals surface area contributed by atoms with Crippen LogP contribution in [0, 0.1) is 17.8 Å². The minimum atomic E-state index is -0.834. The second-order valence-electron chi connectivity index (χ2n) is 4.65. The number of rotatable bonds is 0. The van der Waals surface area contributed by atoms with Gasteiger partial charge in [-0.3, -0.25) is 4.79 Å². The van der Waals surface area contributed by atoms with Crippen molar-refractivity contribution in [1.29, 1.82) is 0 Å². The fraction of sp³-hybridized carbons (Fsp3) is 0.900. The van der Waals surface area contributed by atoms with Crippen molar-refractivity contribution >= 4 is 5.78 Å². The Labute approximate surface area is 72.0 Å². The maximum absolute atomic E-state index is 11.7. The topological polar surface area (TPSA) is 37.3 Å². The van der Waals surface area contributed by atoms with Crippen LogP contribution < -0.4 is 0 Å². The van der Waals surface area contributed by atoms with E-state index >= 15 is 0 Å². The molecule has 0 aromatic rings. The van der Waals surface area contributed by atoms with E-state index in [0.29, 0.717) is 11.8 Å². The molecular weight excluding hydrogens is 152 g/mol. The van der Waals surface area contributed by atoms with Crippen LogP contribution in [0.25, 0.3) is 0 Å². The molecule has 0 aromatic carbocycles. The van der Waals surface area contributed by atoms with Crippen LogP contribution >= 0.6 is 0 Å². The smallest absolute Gasteiger partial charge is 0.167 e. The maximum atomic E-state index is 11.7. The summed E-state index contributed by atoms with van der Waals surface area (Å²) in [5.41, 5.74) is -0.834. The molecule has 3 fully saturated rings. The van der Waals surface area contributed by atoms with E-state index in [4.69, 9.17) is 0 Å². The largest absolute Gasteiger partial charge is 0.382 e. The Hall–Kier alpha value is -0.370. The summed E-state index contributed by atoms with van der Waals surface area (Å²) in [5.74, 6) is 1.33. The summed E-state index contributed by atoms with van der Waals surface area (Å²) in [6.07, 6.45) is 5.45. The van der Waals surface area contributed by atoms with Crippen molar-refractivity contribution in [3.05, 3.63) is 0 Å². The highest BCUT2D eigenvalue weighted by Crippen LogP contribution is 2.62. The lowest BCUT2D eigenvalue weighted by atomic mass is 9.78. The zero-order chi connectivity index (χ0) is 8.34. The van der Waals surface area contributed by atoms with Gasteiger partial charge in [0, 0.05) is 11.8 Å². The fourth-order valence-electron chi connectivity index (χ4n) is 3.35. The van der Waals surface area contributed by atoms with Gasteiger partial charge in [0.2, 0.25) is 0 Å². The molecule has 0 aliphatic heterocycles. The van der Waals surface area contributed by atoms with E-state index in [1.807, 2.05) is 0 Å². The van der Waals surface area contributed by atoms with Crippen LogP contribution in [-0.4, -0.2) is 16.5 Å². The molecule has 1 N–H and O–H groups in total. The van der Waals surface area contributed by atoms with Crippen molar-refractivity contribution in [3.63, 3.8) is 0 Å². The van der Waals surface area contributed by atoms with Crippen LogP contribution in [0.3, 0.4) is 0 Å². The van der Waals surface area contributed by atoms with Gasteiger partial charge in [-0.15, -0.1) is 0 Å². The van der Waals surface area contributed by atoms with Crippen LogP contribution in [0.2, 0.25) is 0 Å². The van der Waals surface area contributed by atoms with Gasteiger partial charge in [-0.05, 0) is 25.2 Å². The van der Waals surface area contributed by atoms with Gasteiger partial charge < -0.3 is 5.11 Å². The Morgan fingerprint density at radius 3 is 2.83 bits per heavy atom. The van der Waals surface area contributed by atoms with Crippen molar-refractivity contribution in [1.82, 2.24) is 0 Å². The molecule has 4 atom stereocenters. The summed E-state index contributed by atoms with van der Waals surface area (Å²) < 4.78 is 0. The molecule has 3 rings (SSSR count). The average molecular weight is 166 g/mol. The van der Waals surface area contributed by atoms with Crippen LogP contribution in [0.15, 0.2) is 0 Å². The first-order valence-electron chi connectivity index (χ1n) is 5.00. The van der Waals surface area contributed by atoms with Gasteiger partial charge in [-0.1, -0.05) is 12.8 Å². The first-order chi connectivity index (χ1) is 5.73. The first kappa shape index (κ1) is 7.07. The predicted molar refractivity (Wildman–Crippen MR) is 43.5 cm³/mol. The van der Waals surface area contributed by atoms with Gasteiger partial charge in [-0.25, -0.2) is 0 Å². The van der Waals surface area contributed by atoms with E-state index in [2.05, 4.69) is 0 Å². The molecule has 0 spiro atoms. The van der Waals surface area contributed by atoms with Crippen LogP contribution in [-0.2, 0) is 4.79 Å². The molecule has 3 aliphatic rings. The van der Waals surface area contributed by atoms with E-state index in [1.165, 1.54) is 19.3 Å². The Morgan fingerprint density at radius 2 is 2.08 bits per heavy atom. The number of Topliss-reactive ketones (excluding diaryl/α,β-unsaturated/α-hetero) is 1. The highest BCUT2D eigenvalue weighted by molar-refractivity contribution is 5.95. The van der Waals surface area contributed by atoms with Crippen LogP contribution in [0.5, 0.6) is 0 Å². The van der Waals surface area contributed by atoms with E-state index in [0.717, 1.165) is 12.8 Å². The van der Waals surface area contributed by atoms with Gasteiger partial charge >= 0.3 is 0 Å². The molecule has 0 saturated heterocycles. The molecular formula is C10H14O2. The summed E-state index contributed by atoms with van der Waals surface area (Å²) in [7, 11) is 0. The van der Waals surface area contributed by atoms with Crippen LogP contribution in [0.4, 0.5) is 0 Å². The zero-order valence-electron chi connectivity index (χ0n) is 7.12. The number of hydrogen-bond donors (Lipinski definition) is 1. The molecule has 2 heteroatoms. The highest BCUT2D eigenvalue weighted by Gasteiger charge is 2.70. The van der Waals surface area contributed by atoms with Crippen molar-refractivity contribution in [3.8, 4) is 0 Å². The van der Waals surface area contributed by atoms with Gasteiger partial charge in [0.15, 0.2) is 5.78 Å². The standard InChI is InChI=1S/C10H14O2/c11-9-7-4-2-1-3-6(7)8-5-10(8,9)12/h6-8,12H,1-5H2/t6-,7+,8+,10-/m1/s1. The zero-order valence-corrected chi connectivity index (χ0v) is 7.12. The van der Waals surface area contributed by atoms with Gasteiger partial charge in [0.05, 0.1) is 0 Å². The number of carbonyl (C=O) groups is 1.